The van der Waals surface area contributed by atoms with Gasteiger partial charge >= 0.3 is 0 Å². The molecule has 1 aromatic heterocycles. The first-order valence-corrected chi connectivity index (χ1v) is 3.17. The van der Waals surface area contributed by atoms with E-state index >= 15 is 0 Å². The number of methoxy groups -OCH3 is 1. The SMILES string of the molecule is COc1cc[nH]c(=S)c1N. The van der Waals surface area contributed by atoms with Gasteiger partial charge in [0.2, 0.25) is 0 Å². The molecule has 0 unspecified atom stereocenters. The quantitative estimate of drug-likeness (QED) is 0.603. The molecule has 0 atom stereocenters. The lowest BCUT2D eigenvalue weighted by Gasteiger charge is -2.01. The molecule has 4 heteroatoms. The molecule has 0 bridgehead atoms. The van der Waals surface area contributed by atoms with Crippen LogP contribution in [-0.4, -0.2) is 12.1 Å². The summed E-state index contributed by atoms with van der Waals surface area (Å²) in [6.07, 6.45) is 1.69. The molecule has 0 radical (unpaired) electrons. The smallest absolute Gasteiger partial charge is 0.146 e. The second-order valence-electron chi connectivity index (χ2n) is 1.79. The summed E-state index contributed by atoms with van der Waals surface area (Å²) in [7, 11) is 1.56. The van der Waals surface area contributed by atoms with E-state index in [2.05, 4.69) is 4.98 Å². The van der Waals surface area contributed by atoms with Gasteiger partial charge in [-0.3, -0.25) is 0 Å². The Bertz CT molecular complexity index is 281. The molecule has 0 aliphatic heterocycles. The van der Waals surface area contributed by atoms with Crippen LogP contribution in [0.4, 0.5) is 5.69 Å². The van der Waals surface area contributed by atoms with Crippen molar-refractivity contribution < 1.29 is 4.74 Å². The Kier molecular flexibility index (Phi) is 1.91. The lowest BCUT2D eigenvalue weighted by Crippen LogP contribution is -1.93. The maximum Gasteiger partial charge on any atom is 0.146 e. The maximum absolute atomic E-state index is 5.53. The number of aromatic nitrogens is 1. The molecule has 3 nitrogen and oxygen atoms in total. The number of hydrogen-bond acceptors (Lipinski definition) is 3. The monoisotopic (exact) mass is 156 g/mol. The van der Waals surface area contributed by atoms with Gasteiger partial charge in [0.05, 0.1) is 7.11 Å². The largest absolute Gasteiger partial charge is 0.494 e. The number of anilines is 1. The normalized spacial score (nSPS) is 9.30. The molecule has 1 heterocycles. The van der Waals surface area contributed by atoms with Crippen LogP contribution in [0.1, 0.15) is 0 Å². The highest BCUT2D eigenvalue weighted by Gasteiger charge is 1.96. The molecule has 54 valence electrons. The van der Waals surface area contributed by atoms with E-state index < -0.39 is 0 Å². The fourth-order valence-electron chi connectivity index (χ4n) is 0.650. The first-order chi connectivity index (χ1) is 4.75. The van der Waals surface area contributed by atoms with Gasteiger partial charge in [0, 0.05) is 6.20 Å². The molecule has 0 aliphatic rings. The van der Waals surface area contributed by atoms with Crippen LogP contribution in [0.5, 0.6) is 5.75 Å². The third-order valence-corrected chi connectivity index (χ3v) is 1.52. The van der Waals surface area contributed by atoms with Crippen molar-refractivity contribution in [1.82, 2.24) is 4.98 Å². The highest BCUT2D eigenvalue weighted by atomic mass is 32.1. The minimum Gasteiger partial charge on any atom is -0.494 e. The van der Waals surface area contributed by atoms with Crippen LogP contribution in [0.3, 0.4) is 0 Å². The van der Waals surface area contributed by atoms with Crippen molar-refractivity contribution >= 4 is 17.9 Å². The van der Waals surface area contributed by atoms with Gasteiger partial charge in [-0.05, 0) is 6.07 Å². The average Bonchev–Trinajstić information content (AvgIpc) is 1.95. The van der Waals surface area contributed by atoms with Gasteiger partial charge in [0.1, 0.15) is 16.1 Å². The third kappa shape index (κ3) is 1.11. The summed E-state index contributed by atoms with van der Waals surface area (Å²) in [5.74, 6) is 0.615. The Morgan fingerprint density at radius 3 is 2.90 bits per heavy atom. The van der Waals surface area contributed by atoms with Gasteiger partial charge in [0.15, 0.2) is 0 Å². The first-order valence-electron chi connectivity index (χ1n) is 2.77. The molecule has 0 fully saturated rings. The zero-order valence-electron chi connectivity index (χ0n) is 5.55. The first kappa shape index (κ1) is 7.08. The van der Waals surface area contributed by atoms with E-state index in [4.69, 9.17) is 22.7 Å². The Hall–Kier alpha value is -1.03. The third-order valence-electron chi connectivity index (χ3n) is 1.18. The predicted molar refractivity (Wildman–Crippen MR) is 42.6 cm³/mol. The van der Waals surface area contributed by atoms with Crippen LogP contribution in [0.15, 0.2) is 12.3 Å². The summed E-state index contributed by atoms with van der Waals surface area (Å²) in [5, 5.41) is 0. The Morgan fingerprint density at radius 1 is 1.70 bits per heavy atom. The molecule has 0 saturated heterocycles. The fraction of sp³-hybridized carbons (Fsp3) is 0.167. The standard InChI is InChI=1S/C6H8N2OS/c1-9-4-2-3-8-6(10)5(4)7/h2-3H,7H2,1H3,(H,8,10). The van der Waals surface area contributed by atoms with Crippen LogP contribution in [0.2, 0.25) is 0 Å². The summed E-state index contributed by atoms with van der Waals surface area (Å²) in [4.78, 5) is 2.78. The molecule has 0 saturated carbocycles. The number of H-pyrrole nitrogens is 1. The van der Waals surface area contributed by atoms with E-state index in [1.165, 1.54) is 0 Å². The van der Waals surface area contributed by atoms with Crippen molar-refractivity contribution in [3.63, 3.8) is 0 Å². The number of nitrogens with one attached hydrogen (secondary N) is 1. The van der Waals surface area contributed by atoms with Gasteiger partial charge < -0.3 is 15.5 Å². The van der Waals surface area contributed by atoms with Crippen molar-refractivity contribution in [3.8, 4) is 5.75 Å². The Labute approximate surface area is 63.8 Å². The molecule has 0 spiro atoms. The number of nitrogens with two attached hydrogens (primary N) is 1. The lowest BCUT2D eigenvalue weighted by atomic mass is 10.4. The number of rotatable bonds is 1. The van der Waals surface area contributed by atoms with Crippen LogP contribution in [0.25, 0.3) is 0 Å². The fourth-order valence-corrected chi connectivity index (χ4v) is 0.819. The molecule has 0 aliphatic carbocycles. The number of aromatic amines is 1. The molecular formula is C6H8N2OS. The number of nitrogen functional groups attached to an aromatic ring is 1. The van der Waals surface area contributed by atoms with E-state index in [9.17, 15) is 0 Å². The summed E-state index contributed by atoms with van der Waals surface area (Å²) in [6.45, 7) is 0. The van der Waals surface area contributed by atoms with Gasteiger partial charge in [-0.1, -0.05) is 12.2 Å². The number of hydrogen-bond donors (Lipinski definition) is 2. The maximum atomic E-state index is 5.53. The molecule has 1 aromatic rings. The minimum atomic E-state index is 0.486. The van der Waals surface area contributed by atoms with Crippen LogP contribution >= 0.6 is 12.2 Å². The highest BCUT2D eigenvalue weighted by Crippen LogP contribution is 2.18. The number of ether oxygens (including phenoxy) is 1. The second kappa shape index (κ2) is 2.70. The number of pyridine rings is 1. The van der Waals surface area contributed by atoms with Crippen molar-refractivity contribution in [2.24, 2.45) is 0 Å². The predicted octanol–water partition coefficient (Wildman–Crippen LogP) is 1.33. The molecule has 0 aromatic carbocycles. The summed E-state index contributed by atoms with van der Waals surface area (Å²) >= 11 is 4.85. The zero-order chi connectivity index (χ0) is 7.56. The van der Waals surface area contributed by atoms with E-state index in [-0.39, 0.29) is 0 Å². The topological polar surface area (TPSA) is 51.0 Å². The lowest BCUT2D eigenvalue weighted by molar-refractivity contribution is 0.416. The molecule has 3 N–H and O–H groups in total. The molecule has 0 amide bonds. The van der Waals surface area contributed by atoms with Crippen molar-refractivity contribution in [3.05, 3.63) is 16.9 Å². The molecular weight excluding hydrogens is 148 g/mol. The average molecular weight is 156 g/mol. The van der Waals surface area contributed by atoms with Crippen LogP contribution in [0, 0.1) is 4.64 Å². The van der Waals surface area contributed by atoms with Gasteiger partial charge in [-0.2, -0.15) is 0 Å². The van der Waals surface area contributed by atoms with Gasteiger partial charge in [-0.25, -0.2) is 0 Å². The van der Waals surface area contributed by atoms with Crippen molar-refractivity contribution in [1.29, 1.82) is 0 Å². The zero-order valence-corrected chi connectivity index (χ0v) is 6.37. The Morgan fingerprint density at radius 2 is 2.40 bits per heavy atom. The van der Waals surface area contributed by atoms with Crippen molar-refractivity contribution in [2.75, 3.05) is 12.8 Å². The summed E-state index contributed by atoms with van der Waals surface area (Å²) in [5.41, 5.74) is 6.02. The van der Waals surface area contributed by atoms with Crippen LogP contribution in [-0.2, 0) is 0 Å². The molecule has 1 rings (SSSR count). The van der Waals surface area contributed by atoms with E-state index in [0.29, 0.717) is 16.1 Å². The second-order valence-corrected chi connectivity index (χ2v) is 2.20. The summed E-state index contributed by atoms with van der Waals surface area (Å²) < 4.78 is 5.43. The van der Waals surface area contributed by atoms with Crippen molar-refractivity contribution in [2.45, 2.75) is 0 Å². The molecule has 10 heavy (non-hydrogen) atoms. The summed E-state index contributed by atoms with van der Waals surface area (Å²) in [6, 6.07) is 1.73. The van der Waals surface area contributed by atoms with Crippen LogP contribution < -0.4 is 10.5 Å². The van der Waals surface area contributed by atoms with Gasteiger partial charge in [0.25, 0.3) is 0 Å². The van der Waals surface area contributed by atoms with E-state index in [0.717, 1.165) is 0 Å². The van der Waals surface area contributed by atoms with E-state index in [1.54, 1.807) is 19.4 Å². The van der Waals surface area contributed by atoms with E-state index in [1.807, 2.05) is 0 Å². The van der Waals surface area contributed by atoms with Gasteiger partial charge in [-0.15, -0.1) is 0 Å². The minimum absolute atomic E-state index is 0.486. The highest BCUT2D eigenvalue weighted by molar-refractivity contribution is 7.71. The Balaban J connectivity index is 3.28.